The van der Waals surface area contributed by atoms with Gasteiger partial charge in [0.05, 0.1) is 23.5 Å². The van der Waals surface area contributed by atoms with E-state index in [1.165, 1.54) is 30.6 Å². The molecule has 3 nitrogen and oxygen atoms in total. The highest BCUT2D eigenvalue weighted by Gasteiger charge is 2.43. The normalized spacial score (nSPS) is 20.4. The van der Waals surface area contributed by atoms with Crippen LogP contribution in [0.15, 0.2) is 53.5 Å². The summed E-state index contributed by atoms with van der Waals surface area (Å²) in [5, 5.41) is 4.61. The molecule has 2 aliphatic rings. The van der Waals surface area contributed by atoms with Gasteiger partial charge in [0.25, 0.3) is 0 Å². The SMILES string of the molecule is CN1C(=NCc2cccc(Cl)c2)C2(CCCCC2)Nc2ccccc21. The lowest BCUT2D eigenvalue weighted by atomic mass is 9.78. The van der Waals surface area contributed by atoms with Crippen LogP contribution < -0.4 is 10.2 Å². The lowest BCUT2D eigenvalue weighted by Crippen LogP contribution is -2.57. The second-order valence-corrected chi connectivity index (χ2v) is 7.55. The summed E-state index contributed by atoms with van der Waals surface area (Å²) in [5.41, 5.74) is 3.52. The van der Waals surface area contributed by atoms with Gasteiger partial charge < -0.3 is 10.2 Å². The van der Waals surface area contributed by atoms with Gasteiger partial charge in [-0.1, -0.05) is 55.1 Å². The molecule has 1 heterocycles. The fourth-order valence-electron chi connectivity index (χ4n) is 4.18. The molecule has 1 spiro atoms. The van der Waals surface area contributed by atoms with E-state index in [1.807, 2.05) is 18.2 Å². The zero-order chi connectivity index (χ0) is 17.3. The molecule has 0 unspecified atom stereocenters. The minimum Gasteiger partial charge on any atom is -0.371 e. The number of hydrogen-bond donors (Lipinski definition) is 1. The highest BCUT2D eigenvalue weighted by molar-refractivity contribution is 6.30. The fraction of sp³-hybridized carbons (Fsp3) is 0.381. The first-order valence-corrected chi connectivity index (χ1v) is 9.46. The van der Waals surface area contributed by atoms with E-state index in [0.717, 1.165) is 29.3 Å². The number of likely N-dealkylation sites (N-methyl/N-ethyl adjacent to an activating group) is 1. The van der Waals surface area contributed by atoms with Crippen LogP contribution in [-0.2, 0) is 6.54 Å². The zero-order valence-electron chi connectivity index (χ0n) is 14.6. The van der Waals surface area contributed by atoms with Gasteiger partial charge in [-0.05, 0) is 42.7 Å². The number of amidine groups is 1. The number of hydrogen-bond acceptors (Lipinski definition) is 2. The Morgan fingerprint density at radius 3 is 2.68 bits per heavy atom. The van der Waals surface area contributed by atoms with Gasteiger partial charge in [0.15, 0.2) is 0 Å². The largest absolute Gasteiger partial charge is 0.371 e. The van der Waals surface area contributed by atoms with Crippen LogP contribution in [0.1, 0.15) is 37.7 Å². The Balaban J connectivity index is 1.72. The smallest absolute Gasteiger partial charge is 0.129 e. The van der Waals surface area contributed by atoms with Gasteiger partial charge in [-0.25, -0.2) is 0 Å². The van der Waals surface area contributed by atoms with Crippen LogP contribution in [-0.4, -0.2) is 18.4 Å². The first kappa shape index (κ1) is 16.5. The maximum Gasteiger partial charge on any atom is 0.129 e. The van der Waals surface area contributed by atoms with Crippen LogP contribution in [0.5, 0.6) is 0 Å². The van der Waals surface area contributed by atoms with E-state index in [4.69, 9.17) is 16.6 Å². The quantitative estimate of drug-likeness (QED) is 0.771. The van der Waals surface area contributed by atoms with Gasteiger partial charge in [-0.3, -0.25) is 4.99 Å². The Morgan fingerprint density at radius 2 is 1.88 bits per heavy atom. The molecule has 0 aromatic heterocycles. The van der Waals surface area contributed by atoms with Gasteiger partial charge in [0.1, 0.15) is 5.84 Å². The number of nitrogens with one attached hydrogen (secondary N) is 1. The average molecular weight is 354 g/mol. The maximum absolute atomic E-state index is 6.13. The van der Waals surface area contributed by atoms with Crippen molar-refractivity contribution in [1.29, 1.82) is 0 Å². The van der Waals surface area contributed by atoms with E-state index in [1.54, 1.807) is 0 Å². The molecule has 0 atom stereocenters. The predicted octanol–water partition coefficient (Wildman–Crippen LogP) is 5.50. The molecule has 0 amide bonds. The summed E-state index contributed by atoms with van der Waals surface area (Å²) in [6.45, 7) is 0.659. The molecule has 1 aliphatic carbocycles. The van der Waals surface area contributed by atoms with Gasteiger partial charge in [-0.2, -0.15) is 0 Å². The molecular formula is C21H24ClN3. The second kappa shape index (κ2) is 6.72. The first-order chi connectivity index (χ1) is 12.2. The van der Waals surface area contributed by atoms with Crippen molar-refractivity contribution in [2.75, 3.05) is 17.3 Å². The Labute approximate surface area is 154 Å². The molecule has 4 rings (SSSR count). The summed E-state index contributed by atoms with van der Waals surface area (Å²) < 4.78 is 0. The topological polar surface area (TPSA) is 27.6 Å². The Morgan fingerprint density at radius 1 is 1.08 bits per heavy atom. The van der Waals surface area contributed by atoms with Crippen LogP contribution in [0.2, 0.25) is 5.02 Å². The van der Waals surface area contributed by atoms with Gasteiger partial charge >= 0.3 is 0 Å². The minimum absolute atomic E-state index is 0.0417. The molecular weight excluding hydrogens is 330 g/mol. The molecule has 0 radical (unpaired) electrons. The van der Waals surface area contributed by atoms with Crippen molar-refractivity contribution in [2.45, 2.75) is 44.2 Å². The molecule has 1 N–H and O–H groups in total. The number of benzene rings is 2. The molecule has 130 valence electrons. The summed E-state index contributed by atoms with van der Waals surface area (Å²) in [6.07, 6.45) is 6.09. The lowest BCUT2D eigenvalue weighted by molar-refractivity contribution is 0.399. The molecule has 2 aromatic carbocycles. The number of rotatable bonds is 2. The van der Waals surface area contributed by atoms with Crippen molar-refractivity contribution in [3.05, 3.63) is 59.1 Å². The van der Waals surface area contributed by atoms with Crippen molar-refractivity contribution >= 4 is 28.8 Å². The summed E-state index contributed by atoms with van der Waals surface area (Å²) in [7, 11) is 2.15. The Hall–Kier alpha value is -2.00. The third-order valence-electron chi connectivity index (χ3n) is 5.39. The van der Waals surface area contributed by atoms with E-state index >= 15 is 0 Å². The van der Waals surface area contributed by atoms with E-state index in [-0.39, 0.29) is 5.54 Å². The number of fused-ring (bicyclic) bond motifs is 1. The van der Waals surface area contributed by atoms with Crippen molar-refractivity contribution in [3.63, 3.8) is 0 Å². The number of aliphatic imine (C=N–C) groups is 1. The standard InChI is InChI=1S/C21H24ClN3/c1-25-19-11-4-3-10-18(19)24-21(12-5-2-6-13-21)20(25)23-15-16-8-7-9-17(22)14-16/h3-4,7-11,14,24H,2,5-6,12-13,15H2,1H3. The molecule has 2 aromatic rings. The Kier molecular flexibility index (Phi) is 4.43. The highest BCUT2D eigenvalue weighted by atomic mass is 35.5. The Bertz CT molecular complexity index is 793. The third kappa shape index (κ3) is 3.13. The second-order valence-electron chi connectivity index (χ2n) is 7.11. The average Bonchev–Trinajstić information content (AvgIpc) is 2.62. The van der Waals surface area contributed by atoms with Crippen molar-refractivity contribution in [2.24, 2.45) is 4.99 Å². The highest BCUT2D eigenvalue weighted by Crippen LogP contribution is 2.42. The van der Waals surface area contributed by atoms with Gasteiger partial charge in [-0.15, -0.1) is 0 Å². The summed E-state index contributed by atoms with van der Waals surface area (Å²) in [6, 6.07) is 16.5. The molecule has 1 saturated carbocycles. The summed E-state index contributed by atoms with van der Waals surface area (Å²) in [5.74, 6) is 1.16. The number of nitrogens with zero attached hydrogens (tertiary/aromatic N) is 2. The zero-order valence-corrected chi connectivity index (χ0v) is 15.4. The fourth-order valence-corrected chi connectivity index (χ4v) is 4.40. The molecule has 0 bridgehead atoms. The maximum atomic E-state index is 6.13. The van der Waals surface area contributed by atoms with Crippen LogP contribution in [0.4, 0.5) is 11.4 Å². The van der Waals surface area contributed by atoms with E-state index < -0.39 is 0 Å². The minimum atomic E-state index is -0.0417. The van der Waals surface area contributed by atoms with Gasteiger partial charge in [0, 0.05) is 12.1 Å². The molecule has 1 aliphatic heterocycles. The molecule has 4 heteroatoms. The third-order valence-corrected chi connectivity index (χ3v) is 5.63. The van der Waals surface area contributed by atoms with Crippen LogP contribution in [0.25, 0.3) is 0 Å². The predicted molar refractivity (Wildman–Crippen MR) is 107 cm³/mol. The monoisotopic (exact) mass is 353 g/mol. The number of para-hydroxylation sites is 2. The van der Waals surface area contributed by atoms with Crippen molar-refractivity contribution < 1.29 is 0 Å². The van der Waals surface area contributed by atoms with Gasteiger partial charge in [0.2, 0.25) is 0 Å². The van der Waals surface area contributed by atoms with E-state index in [0.29, 0.717) is 6.54 Å². The van der Waals surface area contributed by atoms with Crippen LogP contribution >= 0.6 is 11.6 Å². The molecule has 25 heavy (non-hydrogen) atoms. The summed E-state index contributed by atoms with van der Waals surface area (Å²) >= 11 is 6.13. The molecule has 0 saturated heterocycles. The number of anilines is 2. The molecule has 1 fully saturated rings. The van der Waals surface area contributed by atoms with E-state index in [2.05, 4.69) is 47.6 Å². The van der Waals surface area contributed by atoms with Crippen LogP contribution in [0.3, 0.4) is 0 Å². The number of halogens is 1. The van der Waals surface area contributed by atoms with Crippen molar-refractivity contribution in [1.82, 2.24) is 0 Å². The first-order valence-electron chi connectivity index (χ1n) is 9.08. The summed E-state index contributed by atoms with van der Waals surface area (Å²) in [4.78, 5) is 7.35. The van der Waals surface area contributed by atoms with Crippen molar-refractivity contribution in [3.8, 4) is 0 Å². The van der Waals surface area contributed by atoms with E-state index in [9.17, 15) is 0 Å². The van der Waals surface area contributed by atoms with Crippen LogP contribution in [0, 0.1) is 0 Å². The lowest BCUT2D eigenvalue weighted by Gasteiger charge is -2.47.